The number of amides is 2. The molecule has 2 amide bonds. The molecule has 0 bridgehead atoms. The van der Waals surface area contributed by atoms with Gasteiger partial charge in [0.2, 0.25) is 11.8 Å². The van der Waals surface area contributed by atoms with Crippen molar-refractivity contribution < 1.29 is 22.8 Å². The number of hydrogen-bond donors (Lipinski definition) is 1. The summed E-state index contributed by atoms with van der Waals surface area (Å²) in [5, 5.41) is 2.28. The first-order valence-corrected chi connectivity index (χ1v) is 13.2. The lowest BCUT2D eigenvalue weighted by Gasteiger charge is -2.62. The molecule has 5 rings (SSSR count). The van der Waals surface area contributed by atoms with Crippen LogP contribution in [0.2, 0.25) is 0 Å². The summed E-state index contributed by atoms with van der Waals surface area (Å²) in [5.74, 6) is -0.904. The minimum absolute atomic E-state index is 0.0112. The largest absolute Gasteiger partial charge is 0.415 e. The van der Waals surface area contributed by atoms with Crippen LogP contribution >= 0.6 is 0 Å². The van der Waals surface area contributed by atoms with Crippen LogP contribution in [0.4, 0.5) is 13.2 Å². The highest BCUT2D eigenvalue weighted by molar-refractivity contribution is 6.01. The van der Waals surface area contributed by atoms with Crippen molar-refractivity contribution in [2.75, 3.05) is 7.05 Å². The van der Waals surface area contributed by atoms with Crippen molar-refractivity contribution in [1.82, 2.24) is 10.2 Å². The molecule has 36 heavy (non-hydrogen) atoms. The molecule has 4 nitrogen and oxygen atoms in total. The minimum Gasteiger partial charge on any atom is -0.342 e. The van der Waals surface area contributed by atoms with E-state index in [0.717, 1.165) is 39.0 Å². The highest BCUT2D eigenvalue weighted by Crippen LogP contribution is 2.63. The van der Waals surface area contributed by atoms with Crippen LogP contribution in [0, 0.1) is 34.5 Å². The van der Waals surface area contributed by atoms with Crippen molar-refractivity contribution in [3.8, 4) is 0 Å². The highest BCUT2D eigenvalue weighted by Gasteiger charge is 2.62. The predicted molar refractivity (Wildman–Crippen MR) is 132 cm³/mol. The molecule has 0 aromatic heterocycles. The maximum Gasteiger partial charge on any atom is 0.415 e. The number of benzene rings is 1. The number of nitrogens with zero attached hydrogens (tertiary/aromatic N) is 1. The van der Waals surface area contributed by atoms with Gasteiger partial charge in [-0.3, -0.25) is 9.59 Å². The normalized spacial score (nSPS) is 39.6. The summed E-state index contributed by atoms with van der Waals surface area (Å²) >= 11 is 0. The Kier molecular flexibility index (Phi) is 5.88. The quantitative estimate of drug-likeness (QED) is 0.417. The molecule has 3 fully saturated rings. The summed E-state index contributed by atoms with van der Waals surface area (Å²) in [6.45, 7) is 5.51. The van der Waals surface area contributed by atoms with Gasteiger partial charge < -0.3 is 10.2 Å². The van der Waals surface area contributed by atoms with Crippen LogP contribution in [0.15, 0.2) is 42.5 Å². The van der Waals surface area contributed by atoms with Crippen LogP contribution in [0.5, 0.6) is 0 Å². The Bertz CT molecular complexity index is 1070. The van der Waals surface area contributed by atoms with Gasteiger partial charge in [0, 0.05) is 13.1 Å². The Labute approximate surface area is 211 Å². The van der Waals surface area contributed by atoms with Crippen molar-refractivity contribution in [3.05, 3.63) is 48.0 Å². The molecule has 1 N–H and O–H groups in total. The smallest absolute Gasteiger partial charge is 0.342 e. The number of alkyl halides is 3. The van der Waals surface area contributed by atoms with E-state index in [1.807, 2.05) is 0 Å². The molecule has 0 radical (unpaired) electrons. The minimum atomic E-state index is -4.72. The molecule has 4 aliphatic rings. The van der Waals surface area contributed by atoms with Gasteiger partial charge in [0.05, 0.1) is 0 Å². The Morgan fingerprint density at radius 2 is 1.78 bits per heavy atom. The molecule has 3 aliphatic carbocycles. The lowest BCUT2D eigenvalue weighted by atomic mass is 9.47. The second kappa shape index (κ2) is 8.35. The number of likely N-dealkylation sites (tertiary alicyclic amines) is 1. The summed E-state index contributed by atoms with van der Waals surface area (Å²) < 4.78 is 42.9. The molecule has 1 heterocycles. The third kappa shape index (κ3) is 3.63. The summed E-state index contributed by atoms with van der Waals surface area (Å²) in [5.41, 5.74) is -2.73. The Morgan fingerprint density at radius 3 is 2.44 bits per heavy atom. The molecular formula is C29H37F3N2O2. The van der Waals surface area contributed by atoms with E-state index < -0.39 is 23.5 Å². The monoisotopic (exact) mass is 502 g/mol. The van der Waals surface area contributed by atoms with Crippen molar-refractivity contribution in [3.63, 3.8) is 0 Å². The van der Waals surface area contributed by atoms with Crippen LogP contribution in [-0.2, 0) is 15.1 Å². The average Bonchev–Trinajstić information content (AvgIpc) is 3.23. The number of carbonyl (C=O) groups is 2. The molecule has 8 atom stereocenters. The Hall–Kier alpha value is -2.31. The summed E-state index contributed by atoms with van der Waals surface area (Å²) in [6.07, 6.45) is 5.35. The summed E-state index contributed by atoms with van der Waals surface area (Å²) in [7, 11) is 1.73. The van der Waals surface area contributed by atoms with Gasteiger partial charge in [0.1, 0.15) is 5.92 Å². The van der Waals surface area contributed by atoms with E-state index in [2.05, 4.69) is 31.3 Å². The van der Waals surface area contributed by atoms with E-state index in [0.29, 0.717) is 24.2 Å². The highest BCUT2D eigenvalue weighted by atomic mass is 19.4. The van der Waals surface area contributed by atoms with Crippen molar-refractivity contribution in [1.29, 1.82) is 0 Å². The van der Waals surface area contributed by atoms with Gasteiger partial charge in [-0.05, 0) is 79.6 Å². The lowest BCUT2D eigenvalue weighted by molar-refractivity contribution is -0.200. The second-order valence-electron chi connectivity index (χ2n) is 12.3. The zero-order valence-electron chi connectivity index (χ0n) is 21.6. The third-order valence-corrected chi connectivity index (χ3v) is 10.5. The molecule has 1 aromatic carbocycles. The van der Waals surface area contributed by atoms with Gasteiger partial charge in [0.15, 0.2) is 5.54 Å². The topological polar surface area (TPSA) is 49.4 Å². The number of nitrogens with one attached hydrogen (secondary N) is 1. The summed E-state index contributed by atoms with van der Waals surface area (Å²) in [4.78, 5) is 28.6. The third-order valence-electron chi connectivity index (χ3n) is 10.5. The number of fused-ring (bicyclic) bond motifs is 5. The number of piperidine rings is 1. The van der Waals surface area contributed by atoms with Crippen LogP contribution in [0.3, 0.4) is 0 Å². The lowest BCUT2D eigenvalue weighted by Crippen LogP contribution is -2.66. The predicted octanol–water partition coefficient (Wildman–Crippen LogP) is 5.84. The average molecular weight is 503 g/mol. The van der Waals surface area contributed by atoms with Crippen LogP contribution in [0.1, 0.15) is 64.9 Å². The molecule has 1 aromatic rings. The van der Waals surface area contributed by atoms with Gasteiger partial charge in [-0.1, -0.05) is 56.3 Å². The van der Waals surface area contributed by atoms with E-state index in [-0.39, 0.29) is 28.3 Å². The Morgan fingerprint density at radius 1 is 1.08 bits per heavy atom. The fraction of sp³-hybridized carbons (Fsp3) is 0.655. The first-order chi connectivity index (χ1) is 16.8. The first kappa shape index (κ1) is 25.3. The number of rotatable bonds is 3. The van der Waals surface area contributed by atoms with Gasteiger partial charge in [-0.25, -0.2) is 0 Å². The van der Waals surface area contributed by atoms with Gasteiger partial charge in [0.25, 0.3) is 0 Å². The van der Waals surface area contributed by atoms with Crippen molar-refractivity contribution >= 4 is 11.8 Å². The molecule has 1 saturated heterocycles. The van der Waals surface area contributed by atoms with Crippen LogP contribution < -0.4 is 5.32 Å². The van der Waals surface area contributed by atoms with E-state index >= 15 is 0 Å². The van der Waals surface area contributed by atoms with Crippen LogP contribution in [-0.4, -0.2) is 36.0 Å². The van der Waals surface area contributed by atoms with E-state index in [1.54, 1.807) is 18.0 Å². The SMILES string of the molecule is CN1C(=O)C(C(=O)NC(C)(c2ccccc2)C(F)(F)F)C[C@@]2(C)C1CC[C@@H]1[C@H]2CC[C@]2(C)C=CC[C@@H]12. The molecule has 2 saturated carbocycles. The Balaban J connectivity index is 1.44. The number of hydrogen-bond acceptors (Lipinski definition) is 2. The molecule has 0 spiro atoms. The van der Waals surface area contributed by atoms with Gasteiger partial charge >= 0.3 is 6.18 Å². The maximum absolute atomic E-state index is 14.3. The first-order valence-electron chi connectivity index (χ1n) is 13.2. The molecule has 196 valence electrons. The summed E-state index contributed by atoms with van der Waals surface area (Å²) in [6, 6.07) is 7.41. The molecule has 3 unspecified atom stereocenters. The van der Waals surface area contributed by atoms with E-state index in [9.17, 15) is 22.8 Å². The molecule has 1 aliphatic heterocycles. The molecular weight excluding hydrogens is 465 g/mol. The van der Waals surface area contributed by atoms with E-state index in [4.69, 9.17) is 0 Å². The second-order valence-corrected chi connectivity index (χ2v) is 12.3. The molecule has 7 heteroatoms. The van der Waals surface area contributed by atoms with Crippen molar-refractivity contribution in [2.24, 2.45) is 34.5 Å². The fourth-order valence-corrected chi connectivity index (χ4v) is 8.39. The van der Waals surface area contributed by atoms with Gasteiger partial charge in [-0.15, -0.1) is 0 Å². The van der Waals surface area contributed by atoms with Crippen LogP contribution in [0.25, 0.3) is 0 Å². The maximum atomic E-state index is 14.3. The van der Waals surface area contributed by atoms with Crippen molar-refractivity contribution in [2.45, 2.75) is 77.1 Å². The zero-order chi connectivity index (χ0) is 26.1. The number of halogens is 3. The fourth-order valence-electron chi connectivity index (χ4n) is 8.39. The van der Waals surface area contributed by atoms with Gasteiger partial charge in [-0.2, -0.15) is 13.2 Å². The number of allylic oxidation sites excluding steroid dienone is 2. The van der Waals surface area contributed by atoms with E-state index in [1.165, 1.54) is 24.3 Å². The zero-order valence-corrected chi connectivity index (χ0v) is 21.6. The standard InChI is InChI=1S/C29H37F3N2O2/c1-26-15-8-11-21(26)19-12-13-23-27(2,22(19)14-16-26)17-20(25(36)34(23)4)24(35)33-28(3,29(30,31)32)18-9-6-5-7-10-18/h5-10,15,19-23H,11-14,16-17H2,1-4H3,(H,33,35)/t19-,20?,21-,22+,23?,26-,27+,28?/m0/s1. The number of carbonyl (C=O) groups excluding carboxylic acids is 2.